The largest absolute Gasteiger partial charge is 3.00 e. The number of aryl methyl sites for hydroxylation is 2. The summed E-state index contributed by atoms with van der Waals surface area (Å²) >= 11 is 0. The quantitative estimate of drug-likeness (QED) is 0.417. The molecule has 0 aliphatic carbocycles. The van der Waals surface area contributed by atoms with Crippen molar-refractivity contribution in [3.63, 3.8) is 0 Å². The monoisotopic (exact) mass is 480 g/mol. The summed E-state index contributed by atoms with van der Waals surface area (Å²) in [5.74, 6) is -1.16. The molecule has 0 aliphatic rings. The third kappa shape index (κ3) is 6.42. The zero-order valence-corrected chi connectivity index (χ0v) is 19.5. The van der Waals surface area contributed by atoms with Gasteiger partial charge in [0.25, 0.3) is 0 Å². The number of pyridine rings is 2. The third-order valence-corrected chi connectivity index (χ3v) is 4.66. The normalized spacial score (nSPS) is 9.91. The Morgan fingerprint density at radius 1 is 0.727 bits per heavy atom. The van der Waals surface area contributed by atoms with Crippen LogP contribution in [0.3, 0.4) is 0 Å². The Morgan fingerprint density at radius 2 is 1.21 bits per heavy atom. The van der Waals surface area contributed by atoms with E-state index in [4.69, 9.17) is 9.90 Å². The predicted molar refractivity (Wildman–Crippen MR) is 117 cm³/mol. The zero-order valence-electron chi connectivity index (χ0n) is 18.3. The van der Waals surface area contributed by atoms with Crippen LogP contribution in [0.15, 0.2) is 72.8 Å². The van der Waals surface area contributed by atoms with Gasteiger partial charge in [0, 0.05) is 5.97 Å². The molecule has 2 aromatic carbocycles. The Bertz CT molecular complexity index is 1270. The number of carboxylic acids is 1. The van der Waals surface area contributed by atoms with E-state index in [2.05, 4.69) is 9.97 Å². The van der Waals surface area contributed by atoms with Gasteiger partial charge in [-0.1, -0.05) is 71.2 Å². The topological polar surface area (TPSA) is 112 Å². The summed E-state index contributed by atoms with van der Waals surface area (Å²) in [6.07, 6.45) is 0. The van der Waals surface area contributed by atoms with Crippen LogP contribution in [0.4, 0.5) is 0 Å². The number of benzene rings is 2. The molecule has 0 bridgehead atoms. The second-order valence-corrected chi connectivity index (χ2v) is 7.26. The zero-order chi connectivity index (χ0) is 23.3. The fourth-order valence-corrected chi connectivity index (χ4v) is 3.15. The van der Waals surface area contributed by atoms with E-state index >= 15 is 0 Å². The number of rotatable bonds is 3. The fraction of sp³-hybridized carbons (Fsp3) is 0.115. The number of carboxylic acid groups (broad SMARTS) is 1. The van der Waals surface area contributed by atoms with E-state index in [1.165, 1.54) is 0 Å². The number of hydrogen-bond acceptors (Lipinski definition) is 6. The van der Waals surface area contributed by atoms with Crippen molar-refractivity contribution in [2.75, 3.05) is 0 Å². The van der Waals surface area contributed by atoms with Crippen LogP contribution in [0.2, 0.25) is 0 Å². The van der Waals surface area contributed by atoms with Crippen molar-refractivity contribution < 1.29 is 37.2 Å². The van der Waals surface area contributed by atoms with E-state index < -0.39 is 5.97 Å². The van der Waals surface area contributed by atoms with Crippen molar-refractivity contribution in [2.24, 2.45) is 0 Å². The molecular weight excluding hydrogens is 459 g/mol. The van der Waals surface area contributed by atoms with Crippen LogP contribution in [0, 0.1) is 13.8 Å². The molecular formula is C26H21MnN2O4. The van der Waals surface area contributed by atoms with Gasteiger partial charge in [-0.05, 0) is 56.2 Å². The van der Waals surface area contributed by atoms with E-state index in [1.54, 1.807) is 31.2 Å². The second-order valence-electron chi connectivity index (χ2n) is 7.26. The number of nitrogens with zero attached hydrogens (tertiary/aromatic N) is 2. The standard InChI is InChI=1S/C24H20N2O2.C2H4O2.Mn/c1-15-12-13-17(23(27)14-15)19-8-4-10-21(25-19)22-11-5-9-20(26-22)18-7-3-6-16(2)24(18)28;1-2(3)4;/h3-14,27-28H,1-2H3;1H3,(H,3,4);/q;;+3/p-3. The maximum Gasteiger partial charge on any atom is 3.00 e. The Morgan fingerprint density at radius 3 is 1.76 bits per heavy atom. The smallest absolute Gasteiger partial charge is 0.872 e. The van der Waals surface area contributed by atoms with E-state index in [0.717, 1.165) is 12.5 Å². The molecule has 0 radical (unpaired) electrons. The second kappa shape index (κ2) is 11.3. The molecule has 0 N–H and O–H groups in total. The minimum atomic E-state index is -1.08. The van der Waals surface area contributed by atoms with Gasteiger partial charge in [0.15, 0.2) is 0 Å². The first-order valence-electron chi connectivity index (χ1n) is 9.93. The molecule has 0 saturated heterocycles. The number of aromatic nitrogens is 2. The summed E-state index contributed by atoms with van der Waals surface area (Å²) in [5, 5.41) is 33.6. The molecule has 7 heteroatoms. The van der Waals surface area contributed by atoms with Gasteiger partial charge in [-0.2, -0.15) is 0 Å². The summed E-state index contributed by atoms with van der Waals surface area (Å²) in [7, 11) is 0. The van der Waals surface area contributed by atoms with Crippen LogP contribution in [0.25, 0.3) is 33.9 Å². The van der Waals surface area contributed by atoms with Crippen molar-refractivity contribution in [3.8, 4) is 45.4 Å². The van der Waals surface area contributed by atoms with Gasteiger partial charge in [-0.25, -0.2) is 9.97 Å². The SMILES string of the molecule is CC(=O)[O-].Cc1ccc(-c2cccc(-c3cccc(-c4cccc(C)c4[O-])n3)n2)c([O-])c1.[Mn+3]. The van der Waals surface area contributed by atoms with Crippen molar-refractivity contribution >= 4 is 5.97 Å². The summed E-state index contributed by atoms with van der Waals surface area (Å²) in [6, 6.07) is 21.8. The molecule has 4 aromatic rings. The van der Waals surface area contributed by atoms with Crippen molar-refractivity contribution in [1.29, 1.82) is 0 Å². The number of hydrogen-bond donors (Lipinski definition) is 0. The molecule has 4 rings (SSSR count). The van der Waals surface area contributed by atoms with Gasteiger partial charge >= 0.3 is 17.1 Å². The van der Waals surface area contributed by atoms with Crippen molar-refractivity contribution in [1.82, 2.24) is 9.97 Å². The molecule has 6 nitrogen and oxygen atoms in total. The van der Waals surface area contributed by atoms with Crippen LogP contribution in [-0.4, -0.2) is 15.9 Å². The Labute approximate surface area is 203 Å². The summed E-state index contributed by atoms with van der Waals surface area (Å²) < 4.78 is 0. The Balaban J connectivity index is 0.000000714. The molecule has 0 aliphatic heterocycles. The average Bonchev–Trinajstić information content (AvgIpc) is 2.75. The van der Waals surface area contributed by atoms with Crippen LogP contribution in [0.5, 0.6) is 11.5 Å². The van der Waals surface area contributed by atoms with E-state index in [0.29, 0.717) is 39.5 Å². The van der Waals surface area contributed by atoms with Gasteiger partial charge in [-0.15, -0.1) is 0 Å². The summed E-state index contributed by atoms with van der Waals surface area (Å²) in [5.41, 5.74) is 5.26. The minimum absolute atomic E-state index is 0. The number of aliphatic carboxylic acids is 1. The first-order valence-corrected chi connectivity index (χ1v) is 9.93. The molecule has 0 unspecified atom stereocenters. The third-order valence-electron chi connectivity index (χ3n) is 4.66. The maximum absolute atomic E-state index is 12.4. The fourth-order valence-electron chi connectivity index (χ4n) is 3.15. The van der Waals surface area contributed by atoms with Crippen molar-refractivity contribution in [3.05, 3.63) is 83.9 Å². The van der Waals surface area contributed by atoms with Gasteiger partial charge in [-0.3, -0.25) is 0 Å². The van der Waals surface area contributed by atoms with Gasteiger partial charge < -0.3 is 20.1 Å². The maximum atomic E-state index is 12.4. The first kappa shape index (κ1) is 25.6. The van der Waals surface area contributed by atoms with Gasteiger partial charge in [0.05, 0.1) is 22.8 Å². The first-order chi connectivity index (χ1) is 15.3. The number of carbonyl (C=O) groups is 1. The van der Waals surface area contributed by atoms with Crippen LogP contribution < -0.4 is 15.3 Å². The number of para-hydroxylation sites is 1. The van der Waals surface area contributed by atoms with Crippen LogP contribution in [0.1, 0.15) is 18.1 Å². The van der Waals surface area contributed by atoms with Gasteiger partial charge in [0.2, 0.25) is 0 Å². The molecule has 0 atom stereocenters. The van der Waals surface area contributed by atoms with E-state index in [-0.39, 0.29) is 28.6 Å². The minimum Gasteiger partial charge on any atom is -0.872 e. The average molecular weight is 480 g/mol. The summed E-state index contributed by atoms with van der Waals surface area (Å²) in [6.45, 7) is 4.66. The Kier molecular flexibility index (Phi) is 8.74. The molecule has 33 heavy (non-hydrogen) atoms. The molecule has 166 valence electrons. The molecule has 2 heterocycles. The van der Waals surface area contributed by atoms with E-state index in [9.17, 15) is 10.2 Å². The molecule has 0 saturated carbocycles. The van der Waals surface area contributed by atoms with E-state index in [1.807, 2.05) is 55.5 Å². The van der Waals surface area contributed by atoms with Crippen LogP contribution in [-0.2, 0) is 21.9 Å². The van der Waals surface area contributed by atoms with Crippen molar-refractivity contribution in [2.45, 2.75) is 20.8 Å². The predicted octanol–water partition coefficient (Wildman–Crippen LogP) is 3.00. The molecule has 2 aromatic heterocycles. The number of carbonyl (C=O) groups excluding carboxylic acids is 1. The van der Waals surface area contributed by atoms with Gasteiger partial charge in [0.1, 0.15) is 0 Å². The molecule has 0 spiro atoms. The Hall–Kier alpha value is -3.67. The molecule has 0 amide bonds. The molecule has 0 fully saturated rings. The van der Waals surface area contributed by atoms with Crippen LogP contribution >= 0.6 is 0 Å². The summed E-state index contributed by atoms with van der Waals surface area (Å²) in [4.78, 5) is 18.2.